The van der Waals surface area contributed by atoms with E-state index in [1.54, 1.807) is 10.6 Å². The molecule has 3 aromatic rings. The quantitative estimate of drug-likeness (QED) is 0.353. The second kappa shape index (κ2) is 7.35. The van der Waals surface area contributed by atoms with E-state index in [4.69, 9.17) is 0 Å². The minimum absolute atomic E-state index is 0.103. The van der Waals surface area contributed by atoms with Gasteiger partial charge in [0.15, 0.2) is 5.65 Å². The van der Waals surface area contributed by atoms with E-state index in [-0.39, 0.29) is 18.1 Å². The predicted octanol–water partition coefficient (Wildman–Crippen LogP) is 1.94. The normalized spacial score (nSPS) is 17.2. The van der Waals surface area contributed by atoms with Crippen LogP contribution < -0.4 is 21.3 Å². The number of benzene rings is 1. The molecular weight excluding hydrogens is 403 g/mol. The molecule has 0 radical (unpaired) electrons. The molecule has 2 aromatic heterocycles. The lowest BCUT2D eigenvalue weighted by Crippen LogP contribution is -2.22. The molecule has 3 heterocycles. The Morgan fingerprint density at radius 2 is 2.10 bits per heavy atom. The summed E-state index contributed by atoms with van der Waals surface area (Å²) in [6.07, 6.45) is 5.11. The van der Waals surface area contributed by atoms with Crippen molar-refractivity contribution in [2.75, 3.05) is 10.6 Å². The SMILES string of the molecule is Cc1cccc(F)c1CNc1nc(NC2CC2)n2ncc(/C=C3\NC(=O)NC3=O)c2n1. The number of anilines is 2. The van der Waals surface area contributed by atoms with Crippen LogP contribution >= 0.6 is 0 Å². The fourth-order valence-electron chi connectivity index (χ4n) is 3.27. The Hall–Kier alpha value is -4.02. The van der Waals surface area contributed by atoms with Gasteiger partial charge in [-0.1, -0.05) is 12.1 Å². The van der Waals surface area contributed by atoms with Crippen molar-refractivity contribution in [2.45, 2.75) is 32.4 Å². The zero-order valence-electron chi connectivity index (χ0n) is 16.6. The molecular formula is C20H19FN8O2. The van der Waals surface area contributed by atoms with Crippen LogP contribution in [0.25, 0.3) is 11.7 Å². The van der Waals surface area contributed by atoms with Crippen LogP contribution in [-0.4, -0.2) is 37.6 Å². The van der Waals surface area contributed by atoms with Crippen molar-refractivity contribution >= 4 is 35.6 Å². The largest absolute Gasteiger partial charge is 0.351 e. The molecule has 2 aliphatic rings. The topological polar surface area (TPSA) is 125 Å². The van der Waals surface area contributed by atoms with Crippen LogP contribution in [-0.2, 0) is 11.3 Å². The van der Waals surface area contributed by atoms with Crippen LogP contribution in [0, 0.1) is 12.7 Å². The van der Waals surface area contributed by atoms with E-state index in [1.165, 1.54) is 18.3 Å². The highest BCUT2D eigenvalue weighted by atomic mass is 19.1. The number of amides is 3. The number of aryl methyl sites for hydroxylation is 1. The molecule has 1 aliphatic carbocycles. The van der Waals surface area contributed by atoms with Gasteiger partial charge in [-0.15, -0.1) is 0 Å². The lowest BCUT2D eigenvalue weighted by molar-refractivity contribution is -0.115. The van der Waals surface area contributed by atoms with Gasteiger partial charge < -0.3 is 16.0 Å². The van der Waals surface area contributed by atoms with Crippen LogP contribution in [0.3, 0.4) is 0 Å². The van der Waals surface area contributed by atoms with Crippen molar-refractivity contribution in [3.8, 4) is 0 Å². The van der Waals surface area contributed by atoms with E-state index in [1.807, 2.05) is 13.0 Å². The number of nitrogens with zero attached hydrogens (tertiary/aromatic N) is 4. The van der Waals surface area contributed by atoms with Crippen molar-refractivity contribution < 1.29 is 14.0 Å². The molecule has 11 heteroatoms. The Kier molecular flexibility index (Phi) is 4.50. The summed E-state index contributed by atoms with van der Waals surface area (Å²) in [4.78, 5) is 32.3. The molecule has 1 aromatic carbocycles. The van der Waals surface area contributed by atoms with E-state index in [0.717, 1.165) is 18.4 Å². The molecule has 1 saturated carbocycles. The predicted molar refractivity (Wildman–Crippen MR) is 111 cm³/mol. The van der Waals surface area contributed by atoms with E-state index < -0.39 is 11.9 Å². The Morgan fingerprint density at radius 3 is 2.81 bits per heavy atom. The second-order valence-corrected chi connectivity index (χ2v) is 7.48. The number of carbonyl (C=O) groups is 2. The van der Waals surface area contributed by atoms with Crippen LogP contribution in [0.15, 0.2) is 30.1 Å². The average Bonchev–Trinajstić information content (AvgIpc) is 3.36. The molecule has 0 atom stereocenters. The maximum absolute atomic E-state index is 14.2. The fourth-order valence-corrected chi connectivity index (χ4v) is 3.27. The number of urea groups is 1. The Balaban J connectivity index is 1.51. The Labute approximate surface area is 176 Å². The maximum Gasteiger partial charge on any atom is 0.326 e. The smallest absolute Gasteiger partial charge is 0.326 e. The summed E-state index contributed by atoms with van der Waals surface area (Å²) >= 11 is 0. The first kappa shape index (κ1) is 19.0. The summed E-state index contributed by atoms with van der Waals surface area (Å²) in [5.41, 5.74) is 2.42. The number of rotatable bonds is 6. The first-order chi connectivity index (χ1) is 15.0. The van der Waals surface area contributed by atoms with Crippen LogP contribution in [0.4, 0.5) is 21.1 Å². The van der Waals surface area contributed by atoms with E-state index >= 15 is 0 Å². The Morgan fingerprint density at radius 1 is 1.26 bits per heavy atom. The van der Waals surface area contributed by atoms with Gasteiger partial charge in [0.2, 0.25) is 11.9 Å². The summed E-state index contributed by atoms with van der Waals surface area (Å²) in [5, 5.41) is 15.3. The molecule has 1 saturated heterocycles. The van der Waals surface area contributed by atoms with Crippen molar-refractivity contribution in [3.05, 3.63) is 52.6 Å². The molecule has 10 nitrogen and oxygen atoms in total. The van der Waals surface area contributed by atoms with Crippen molar-refractivity contribution in [2.24, 2.45) is 0 Å². The van der Waals surface area contributed by atoms with Gasteiger partial charge in [-0.2, -0.15) is 19.6 Å². The van der Waals surface area contributed by atoms with Gasteiger partial charge in [-0.3, -0.25) is 10.1 Å². The first-order valence-corrected chi connectivity index (χ1v) is 9.82. The number of hydrogen-bond acceptors (Lipinski definition) is 7. The summed E-state index contributed by atoms with van der Waals surface area (Å²) in [6, 6.07) is 4.65. The van der Waals surface area contributed by atoms with Gasteiger partial charge in [0.05, 0.1) is 6.20 Å². The molecule has 4 N–H and O–H groups in total. The number of nitrogens with one attached hydrogen (secondary N) is 4. The number of fused-ring (bicyclic) bond motifs is 1. The van der Waals surface area contributed by atoms with Gasteiger partial charge in [0, 0.05) is 23.7 Å². The van der Waals surface area contributed by atoms with Gasteiger partial charge in [0.1, 0.15) is 11.5 Å². The van der Waals surface area contributed by atoms with Crippen molar-refractivity contribution in [3.63, 3.8) is 0 Å². The number of carbonyl (C=O) groups excluding carboxylic acids is 2. The second-order valence-electron chi connectivity index (χ2n) is 7.48. The third-order valence-corrected chi connectivity index (χ3v) is 5.10. The van der Waals surface area contributed by atoms with E-state index in [0.29, 0.717) is 34.7 Å². The summed E-state index contributed by atoms with van der Waals surface area (Å²) in [7, 11) is 0. The summed E-state index contributed by atoms with van der Waals surface area (Å²) < 4.78 is 15.7. The number of hydrogen-bond donors (Lipinski definition) is 4. The number of imide groups is 1. The maximum atomic E-state index is 14.2. The van der Waals surface area contributed by atoms with Gasteiger partial charge in [-0.05, 0) is 37.5 Å². The van der Waals surface area contributed by atoms with Gasteiger partial charge >= 0.3 is 6.03 Å². The number of halogens is 1. The summed E-state index contributed by atoms with van der Waals surface area (Å²) in [5.74, 6) is -0.0473. The fraction of sp³-hybridized carbons (Fsp3) is 0.250. The molecule has 0 unspecified atom stereocenters. The molecule has 0 spiro atoms. The highest BCUT2D eigenvalue weighted by Crippen LogP contribution is 2.26. The van der Waals surface area contributed by atoms with Crippen molar-refractivity contribution in [1.82, 2.24) is 30.2 Å². The third kappa shape index (κ3) is 3.77. The van der Waals surface area contributed by atoms with E-state index in [9.17, 15) is 14.0 Å². The first-order valence-electron chi connectivity index (χ1n) is 9.82. The highest BCUT2D eigenvalue weighted by molar-refractivity contribution is 6.14. The van der Waals surface area contributed by atoms with Crippen LogP contribution in [0.2, 0.25) is 0 Å². The molecule has 0 bridgehead atoms. The Bertz CT molecular complexity index is 1230. The minimum atomic E-state index is -0.582. The lowest BCUT2D eigenvalue weighted by atomic mass is 10.1. The monoisotopic (exact) mass is 422 g/mol. The zero-order valence-corrected chi connectivity index (χ0v) is 16.6. The molecule has 158 valence electrons. The van der Waals surface area contributed by atoms with E-state index in [2.05, 4.69) is 36.3 Å². The zero-order chi connectivity index (χ0) is 21.5. The molecule has 31 heavy (non-hydrogen) atoms. The molecule has 2 fully saturated rings. The van der Waals surface area contributed by atoms with Crippen LogP contribution in [0.1, 0.15) is 29.5 Å². The highest BCUT2D eigenvalue weighted by Gasteiger charge is 2.26. The third-order valence-electron chi connectivity index (χ3n) is 5.10. The number of aromatic nitrogens is 4. The molecule has 3 amide bonds. The van der Waals surface area contributed by atoms with Crippen molar-refractivity contribution in [1.29, 1.82) is 0 Å². The average molecular weight is 422 g/mol. The summed E-state index contributed by atoms with van der Waals surface area (Å²) in [6.45, 7) is 2.05. The van der Waals surface area contributed by atoms with Crippen LogP contribution in [0.5, 0.6) is 0 Å². The standard InChI is InChI=1S/C20H19FN8O2/c1-10-3-2-4-14(21)13(10)9-22-18-26-16-11(7-15-17(30)27-20(31)25-15)8-23-29(16)19(28-18)24-12-5-6-12/h2-4,7-8,12H,5-6,9H2,1H3,(H2,22,24,26,28)(H2,25,27,30,31)/b15-7-. The van der Waals surface area contributed by atoms with Gasteiger partial charge in [0.25, 0.3) is 5.91 Å². The van der Waals surface area contributed by atoms with Gasteiger partial charge in [-0.25, -0.2) is 9.18 Å². The minimum Gasteiger partial charge on any atom is -0.351 e. The lowest BCUT2D eigenvalue weighted by Gasteiger charge is -2.12. The molecule has 1 aliphatic heterocycles. The molecule has 5 rings (SSSR count).